The van der Waals surface area contributed by atoms with E-state index >= 15 is 0 Å². The summed E-state index contributed by atoms with van der Waals surface area (Å²) in [7, 11) is 0. The minimum atomic E-state index is 0.636. The summed E-state index contributed by atoms with van der Waals surface area (Å²) in [6, 6.07) is 0. The lowest BCUT2D eigenvalue weighted by Crippen LogP contribution is -2.27. The molecule has 2 fully saturated rings. The predicted octanol–water partition coefficient (Wildman–Crippen LogP) is 2.42. The van der Waals surface area contributed by atoms with E-state index < -0.39 is 0 Å². The average Bonchev–Trinajstić information content (AvgIpc) is 2.55. The Morgan fingerprint density at radius 3 is 2.58 bits per heavy atom. The van der Waals surface area contributed by atoms with Crippen LogP contribution < -0.4 is 5.32 Å². The highest BCUT2D eigenvalue weighted by Gasteiger charge is 2.39. The van der Waals surface area contributed by atoms with Crippen LogP contribution in [0.3, 0.4) is 0 Å². The van der Waals surface area contributed by atoms with Crippen LogP contribution in [0.2, 0.25) is 0 Å². The van der Waals surface area contributed by atoms with Crippen LogP contribution in [0.4, 0.5) is 0 Å². The van der Waals surface area contributed by atoms with Crippen molar-refractivity contribution in [2.24, 2.45) is 17.3 Å². The first kappa shape index (κ1) is 8.55. The van der Waals surface area contributed by atoms with Gasteiger partial charge in [-0.3, -0.25) is 0 Å². The molecule has 1 heteroatoms. The fourth-order valence-corrected chi connectivity index (χ4v) is 3.25. The van der Waals surface area contributed by atoms with Gasteiger partial charge in [0.2, 0.25) is 0 Å². The van der Waals surface area contributed by atoms with E-state index in [9.17, 15) is 0 Å². The molecule has 0 aromatic carbocycles. The van der Waals surface area contributed by atoms with Crippen LogP contribution in [0.25, 0.3) is 0 Å². The Kier molecular flexibility index (Phi) is 2.16. The summed E-state index contributed by atoms with van der Waals surface area (Å²) in [5.74, 6) is 2.00. The predicted molar refractivity (Wildman–Crippen MR) is 52.1 cm³/mol. The molecule has 0 spiro atoms. The molecule has 12 heavy (non-hydrogen) atoms. The first-order valence-corrected chi connectivity index (χ1v) is 5.41. The van der Waals surface area contributed by atoms with Crippen LogP contribution in [0.15, 0.2) is 0 Å². The van der Waals surface area contributed by atoms with Crippen molar-refractivity contribution in [3.63, 3.8) is 0 Å². The summed E-state index contributed by atoms with van der Waals surface area (Å²) in [5, 5.41) is 3.49. The Hall–Kier alpha value is -0.0400. The summed E-state index contributed by atoms with van der Waals surface area (Å²) in [6.45, 7) is 7.47. The highest BCUT2D eigenvalue weighted by atomic mass is 14.9. The molecular weight excluding hydrogens is 146 g/mol. The molecular formula is C11H21N. The van der Waals surface area contributed by atoms with Gasteiger partial charge in [-0.05, 0) is 49.6 Å². The van der Waals surface area contributed by atoms with Gasteiger partial charge in [0.05, 0.1) is 0 Å². The molecule has 0 unspecified atom stereocenters. The topological polar surface area (TPSA) is 12.0 Å². The van der Waals surface area contributed by atoms with Gasteiger partial charge < -0.3 is 5.32 Å². The standard InChI is InChI=1S/C11H21N/c1-11(2)6-3-4-10(11)9-5-7-12-8-9/h9-10,12H,3-8H2,1-2H3/t9-,10+/m1/s1. The second kappa shape index (κ2) is 3.02. The van der Waals surface area contributed by atoms with Crippen molar-refractivity contribution in [1.29, 1.82) is 0 Å². The van der Waals surface area contributed by atoms with Crippen molar-refractivity contribution >= 4 is 0 Å². The summed E-state index contributed by atoms with van der Waals surface area (Å²) in [4.78, 5) is 0. The average molecular weight is 167 g/mol. The quantitative estimate of drug-likeness (QED) is 0.632. The monoisotopic (exact) mass is 167 g/mol. The second-order valence-corrected chi connectivity index (χ2v) is 5.24. The van der Waals surface area contributed by atoms with Crippen molar-refractivity contribution < 1.29 is 0 Å². The highest BCUT2D eigenvalue weighted by molar-refractivity contribution is 4.91. The smallest absolute Gasteiger partial charge is 0.00172 e. The maximum Gasteiger partial charge on any atom is -0.00172 e. The molecule has 1 N–H and O–H groups in total. The fraction of sp³-hybridized carbons (Fsp3) is 1.00. The molecule has 0 amide bonds. The van der Waals surface area contributed by atoms with Crippen LogP contribution >= 0.6 is 0 Å². The molecule has 2 atom stereocenters. The number of hydrogen-bond acceptors (Lipinski definition) is 1. The molecule has 0 bridgehead atoms. The van der Waals surface area contributed by atoms with E-state index in [1.54, 1.807) is 0 Å². The molecule has 70 valence electrons. The summed E-state index contributed by atoms with van der Waals surface area (Å²) in [6.07, 6.45) is 5.83. The van der Waals surface area contributed by atoms with Crippen LogP contribution in [-0.4, -0.2) is 13.1 Å². The first-order valence-electron chi connectivity index (χ1n) is 5.41. The van der Waals surface area contributed by atoms with Gasteiger partial charge in [-0.2, -0.15) is 0 Å². The summed E-state index contributed by atoms with van der Waals surface area (Å²) in [5.41, 5.74) is 0.636. The zero-order valence-corrected chi connectivity index (χ0v) is 8.40. The van der Waals surface area contributed by atoms with E-state index in [1.165, 1.54) is 38.8 Å². The van der Waals surface area contributed by atoms with Gasteiger partial charge in [0.15, 0.2) is 0 Å². The SMILES string of the molecule is CC1(C)CCC[C@H]1[C@@H]1CCNC1. The van der Waals surface area contributed by atoms with Gasteiger partial charge in [-0.15, -0.1) is 0 Å². The summed E-state index contributed by atoms with van der Waals surface area (Å²) < 4.78 is 0. The Labute approximate surface area is 75.9 Å². The molecule has 1 heterocycles. The van der Waals surface area contributed by atoms with Crippen LogP contribution in [-0.2, 0) is 0 Å². The van der Waals surface area contributed by atoms with E-state index in [0.29, 0.717) is 5.41 Å². The van der Waals surface area contributed by atoms with Gasteiger partial charge in [0.1, 0.15) is 0 Å². The van der Waals surface area contributed by atoms with Gasteiger partial charge in [-0.25, -0.2) is 0 Å². The van der Waals surface area contributed by atoms with Crippen LogP contribution in [0, 0.1) is 17.3 Å². The molecule has 1 aliphatic heterocycles. The van der Waals surface area contributed by atoms with Crippen molar-refractivity contribution in [3.8, 4) is 0 Å². The Morgan fingerprint density at radius 2 is 2.08 bits per heavy atom. The third-order valence-corrected chi connectivity index (χ3v) is 4.01. The first-order chi connectivity index (χ1) is 5.70. The molecule has 1 saturated carbocycles. The molecule has 0 aromatic rings. The van der Waals surface area contributed by atoms with Gasteiger partial charge >= 0.3 is 0 Å². The summed E-state index contributed by atoms with van der Waals surface area (Å²) >= 11 is 0. The van der Waals surface area contributed by atoms with E-state index in [2.05, 4.69) is 19.2 Å². The molecule has 0 radical (unpaired) electrons. The normalized spacial score (nSPS) is 40.5. The van der Waals surface area contributed by atoms with Gasteiger partial charge in [-0.1, -0.05) is 20.3 Å². The van der Waals surface area contributed by atoms with Crippen molar-refractivity contribution in [1.82, 2.24) is 5.32 Å². The van der Waals surface area contributed by atoms with Gasteiger partial charge in [0, 0.05) is 0 Å². The maximum atomic E-state index is 3.49. The van der Waals surface area contributed by atoms with Crippen molar-refractivity contribution in [3.05, 3.63) is 0 Å². The minimum absolute atomic E-state index is 0.636. The largest absolute Gasteiger partial charge is 0.316 e. The maximum absolute atomic E-state index is 3.49. The Morgan fingerprint density at radius 1 is 1.25 bits per heavy atom. The number of nitrogens with one attached hydrogen (secondary N) is 1. The van der Waals surface area contributed by atoms with Crippen LogP contribution in [0.5, 0.6) is 0 Å². The molecule has 1 saturated heterocycles. The van der Waals surface area contributed by atoms with Crippen LogP contribution in [0.1, 0.15) is 39.5 Å². The lowest BCUT2D eigenvalue weighted by molar-refractivity contribution is 0.187. The highest BCUT2D eigenvalue weighted by Crippen LogP contribution is 2.47. The van der Waals surface area contributed by atoms with E-state index in [4.69, 9.17) is 0 Å². The third-order valence-electron chi connectivity index (χ3n) is 4.01. The Balaban J connectivity index is 2.02. The number of rotatable bonds is 1. The lowest BCUT2D eigenvalue weighted by atomic mass is 9.74. The van der Waals surface area contributed by atoms with Crippen molar-refractivity contribution in [2.75, 3.05) is 13.1 Å². The number of hydrogen-bond donors (Lipinski definition) is 1. The third kappa shape index (κ3) is 1.39. The van der Waals surface area contributed by atoms with Crippen molar-refractivity contribution in [2.45, 2.75) is 39.5 Å². The molecule has 1 aliphatic carbocycles. The second-order valence-electron chi connectivity index (χ2n) is 5.24. The zero-order chi connectivity index (χ0) is 8.60. The van der Waals surface area contributed by atoms with E-state index in [-0.39, 0.29) is 0 Å². The van der Waals surface area contributed by atoms with E-state index in [1.807, 2.05) is 0 Å². The lowest BCUT2D eigenvalue weighted by Gasteiger charge is -2.31. The zero-order valence-electron chi connectivity index (χ0n) is 8.40. The molecule has 0 aromatic heterocycles. The molecule has 1 nitrogen and oxygen atoms in total. The molecule has 2 rings (SSSR count). The minimum Gasteiger partial charge on any atom is -0.316 e. The Bertz CT molecular complexity index is 156. The van der Waals surface area contributed by atoms with E-state index in [0.717, 1.165) is 11.8 Å². The van der Waals surface area contributed by atoms with Gasteiger partial charge in [0.25, 0.3) is 0 Å². The molecule has 2 aliphatic rings. The fourth-order valence-electron chi connectivity index (χ4n) is 3.25.